The standard InChI is InChI=1S/C13H27NO/c1-4-11(3)9-12(5-2)14-13-7-6-8-15-10-13/h11-14H,4-10H2,1-3H3. The summed E-state index contributed by atoms with van der Waals surface area (Å²) >= 11 is 0. The fourth-order valence-electron chi connectivity index (χ4n) is 2.21. The lowest BCUT2D eigenvalue weighted by atomic mass is 9.96. The predicted molar refractivity (Wildman–Crippen MR) is 65.1 cm³/mol. The summed E-state index contributed by atoms with van der Waals surface area (Å²) in [4.78, 5) is 0. The van der Waals surface area contributed by atoms with Crippen molar-refractivity contribution in [3.05, 3.63) is 0 Å². The van der Waals surface area contributed by atoms with Crippen LogP contribution >= 0.6 is 0 Å². The van der Waals surface area contributed by atoms with E-state index in [9.17, 15) is 0 Å². The van der Waals surface area contributed by atoms with Crippen molar-refractivity contribution in [2.45, 2.75) is 65.0 Å². The Bertz CT molecular complexity index is 155. The Labute approximate surface area is 94.8 Å². The lowest BCUT2D eigenvalue weighted by Crippen LogP contribution is -2.43. The Morgan fingerprint density at radius 1 is 1.33 bits per heavy atom. The first-order valence-electron chi connectivity index (χ1n) is 6.60. The summed E-state index contributed by atoms with van der Waals surface area (Å²) in [6.45, 7) is 8.78. The van der Waals surface area contributed by atoms with Crippen LogP contribution in [0.2, 0.25) is 0 Å². The van der Waals surface area contributed by atoms with Crippen LogP contribution in [0.25, 0.3) is 0 Å². The van der Waals surface area contributed by atoms with Gasteiger partial charge in [-0.2, -0.15) is 0 Å². The highest BCUT2D eigenvalue weighted by Crippen LogP contribution is 2.14. The topological polar surface area (TPSA) is 21.3 Å². The third kappa shape index (κ3) is 4.98. The average molecular weight is 213 g/mol. The zero-order valence-corrected chi connectivity index (χ0v) is 10.6. The largest absolute Gasteiger partial charge is 0.380 e. The van der Waals surface area contributed by atoms with Crippen molar-refractivity contribution >= 4 is 0 Å². The van der Waals surface area contributed by atoms with Crippen LogP contribution in [0.3, 0.4) is 0 Å². The van der Waals surface area contributed by atoms with Crippen molar-refractivity contribution in [1.29, 1.82) is 0 Å². The van der Waals surface area contributed by atoms with Crippen LogP contribution in [0.1, 0.15) is 52.9 Å². The average Bonchev–Trinajstić information content (AvgIpc) is 2.29. The van der Waals surface area contributed by atoms with Crippen LogP contribution in [0.4, 0.5) is 0 Å². The first-order chi connectivity index (χ1) is 7.26. The van der Waals surface area contributed by atoms with Gasteiger partial charge in [-0.3, -0.25) is 0 Å². The molecule has 1 fully saturated rings. The van der Waals surface area contributed by atoms with Crippen molar-refractivity contribution in [2.75, 3.05) is 13.2 Å². The fraction of sp³-hybridized carbons (Fsp3) is 1.00. The maximum absolute atomic E-state index is 5.50. The molecule has 0 aromatic heterocycles. The molecule has 1 rings (SSSR count). The zero-order chi connectivity index (χ0) is 11.1. The molecule has 90 valence electrons. The van der Waals surface area contributed by atoms with Gasteiger partial charge in [-0.1, -0.05) is 27.2 Å². The van der Waals surface area contributed by atoms with E-state index in [0.717, 1.165) is 19.1 Å². The van der Waals surface area contributed by atoms with E-state index < -0.39 is 0 Å². The monoisotopic (exact) mass is 213 g/mol. The normalized spacial score (nSPS) is 26.2. The molecule has 0 aliphatic carbocycles. The fourth-order valence-corrected chi connectivity index (χ4v) is 2.21. The number of ether oxygens (including phenoxy) is 1. The number of nitrogens with one attached hydrogen (secondary N) is 1. The maximum atomic E-state index is 5.50. The Morgan fingerprint density at radius 3 is 2.67 bits per heavy atom. The highest BCUT2D eigenvalue weighted by molar-refractivity contribution is 4.76. The summed E-state index contributed by atoms with van der Waals surface area (Å²) in [6, 6.07) is 1.29. The highest BCUT2D eigenvalue weighted by Gasteiger charge is 2.18. The molecule has 0 radical (unpaired) electrons. The summed E-state index contributed by atoms with van der Waals surface area (Å²) in [5.41, 5.74) is 0. The van der Waals surface area contributed by atoms with Gasteiger partial charge in [0.05, 0.1) is 6.61 Å². The van der Waals surface area contributed by atoms with Gasteiger partial charge in [-0.05, 0) is 31.6 Å². The minimum absolute atomic E-state index is 0.604. The van der Waals surface area contributed by atoms with Gasteiger partial charge in [0.15, 0.2) is 0 Å². The molecule has 3 atom stereocenters. The van der Waals surface area contributed by atoms with Gasteiger partial charge in [-0.25, -0.2) is 0 Å². The Kier molecular flexibility index (Phi) is 6.26. The number of hydrogen-bond donors (Lipinski definition) is 1. The van der Waals surface area contributed by atoms with Gasteiger partial charge in [0.2, 0.25) is 0 Å². The van der Waals surface area contributed by atoms with Crippen molar-refractivity contribution in [3.63, 3.8) is 0 Å². The molecule has 2 nitrogen and oxygen atoms in total. The van der Waals surface area contributed by atoms with Crippen molar-refractivity contribution in [2.24, 2.45) is 5.92 Å². The molecule has 1 aliphatic heterocycles. The maximum Gasteiger partial charge on any atom is 0.0619 e. The molecule has 0 aromatic rings. The molecule has 0 aromatic carbocycles. The molecule has 1 saturated heterocycles. The second-order valence-corrected chi connectivity index (χ2v) is 4.94. The smallest absolute Gasteiger partial charge is 0.0619 e. The summed E-state index contributed by atoms with van der Waals surface area (Å²) < 4.78 is 5.50. The number of hydrogen-bond acceptors (Lipinski definition) is 2. The van der Waals surface area contributed by atoms with E-state index >= 15 is 0 Å². The van der Waals surface area contributed by atoms with Crippen LogP contribution < -0.4 is 5.32 Å². The van der Waals surface area contributed by atoms with Gasteiger partial charge >= 0.3 is 0 Å². The van der Waals surface area contributed by atoms with Gasteiger partial charge in [0.25, 0.3) is 0 Å². The zero-order valence-electron chi connectivity index (χ0n) is 10.6. The summed E-state index contributed by atoms with van der Waals surface area (Å²) in [6.07, 6.45) is 6.35. The summed E-state index contributed by atoms with van der Waals surface area (Å²) in [5, 5.41) is 3.75. The second-order valence-electron chi connectivity index (χ2n) is 4.94. The van der Waals surface area contributed by atoms with Crippen molar-refractivity contribution in [3.8, 4) is 0 Å². The minimum atomic E-state index is 0.604. The van der Waals surface area contributed by atoms with E-state index in [1.54, 1.807) is 0 Å². The van der Waals surface area contributed by atoms with Crippen LogP contribution in [0, 0.1) is 5.92 Å². The molecular formula is C13H27NO. The predicted octanol–water partition coefficient (Wildman–Crippen LogP) is 2.97. The van der Waals surface area contributed by atoms with E-state index in [2.05, 4.69) is 26.1 Å². The molecule has 0 saturated carbocycles. The first kappa shape index (κ1) is 13.0. The molecule has 0 amide bonds. The molecular weight excluding hydrogens is 186 g/mol. The van der Waals surface area contributed by atoms with Gasteiger partial charge < -0.3 is 10.1 Å². The summed E-state index contributed by atoms with van der Waals surface area (Å²) in [7, 11) is 0. The SMILES string of the molecule is CCC(C)CC(CC)NC1CCCOC1. The van der Waals surface area contributed by atoms with Crippen LogP contribution in [-0.2, 0) is 4.74 Å². The van der Waals surface area contributed by atoms with Gasteiger partial charge in [-0.15, -0.1) is 0 Å². The van der Waals surface area contributed by atoms with E-state index in [4.69, 9.17) is 4.74 Å². The number of rotatable bonds is 6. The molecule has 0 bridgehead atoms. The molecule has 0 spiro atoms. The third-order valence-corrected chi connectivity index (χ3v) is 3.51. The Balaban J connectivity index is 2.25. The van der Waals surface area contributed by atoms with Gasteiger partial charge in [0.1, 0.15) is 0 Å². The molecule has 1 heterocycles. The lowest BCUT2D eigenvalue weighted by molar-refractivity contribution is 0.0648. The quantitative estimate of drug-likeness (QED) is 0.732. The molecule has 1 aliphatic rings. The lowest BCUT2D eigenvalue weighted by Gasteiger charge is -2.29. The van der Waals surface area contributed by atoms with Crippen molar-refractivity contribution in [1.82, 2.24) is 5.32 Å². The Hall–Kier alpha value is -0.0800. The van der Waals surface area contributed by atoms with Crippen LogP contribution in [0.5, 0.6) is 0 Å². The third-order valence-electron chi connectivity index (χ3n) is 3.51. The van der Waals surface area contributed by atoms with E-state index in [-0.39, 0.29) is 0 Å². The minimum Gasteiger partial charge on any atom is -0.380 e. The van der Waals surface area contributed by atoms with Crippen LogP contribution in [-0.4, -0.2) is 25.3 Å². The van der Waals surface area contributed by atoms with E-state index in [0.29, 0.717) is 12.1 Å². The molecule has 15 heavy (non-hydrogen) atoms. The second kappa shape index (κ2) is 7.24. The van der Waals surface area contributed by atoms with E-state index in [1.807, 2.05) is 0 Å². The molecule has 1 N–H and O–H groups in total. The van der Waals surface area contributed by atoms with Gasteiger partial charge in [0, 0.05) is 18.7 Å². The van der Waals surface area contributed by atoms with Crippen LogP contribution in [0.15, 0.2) is 0 Å². The summed E-state index contributed by atoms with van der Waals surface area (Å²) in [5.74, 6) is 0.840. The first-order valence-corrected chi connectivity index (χ1v) is 6.60. The highest BCUT2D eigenvalue weighted by atomic mass is 16.5. The molecule has 2 heteroatoms. The Morgan fingerprint density at radius 2 is 2.13 bits per heavy atom. The van der Waals surface area contributed by atoms with E-state index in [1.165, 1.54) is 32.1 Å². The van der Waals surface area contributed by atoms with Crippen molar-refractivity contribution < 1.29 is 4.74 Å². The molecule has 3 unspecified atom stereocenters.